The third-order valence-electron chi connectivity index (χ3n) is 3.58. The second-order valence-electron chi connectivity index (χ2n) is 5.16. The zero-order valence-electron chi connectivity index (χ0n) is 11.4. The molecule has 1 unspecified atom stereocenters. The molecule has 0 amide bonds. The third-order valence-corrected chi connectivity index (χ3v) is 3.58. The lowest BCUT2D eigenvalue weighted by molar-refractivity contribution is 0.159. The fraction of sp³-hybridized carbons (Fsp3) is 0.600. The maximum Gasteiger partial charge on any atom is 0.0558 e. The molecule has 0 bridgehead atoms. The Balaban J connectivity index is 0.00000180. The van der Waals surface area contributed by atoms with E-state index in [2.05, 4.69) is 34.5 Å². The third kappa shape index (κ3) is 5.91. The Hall–Kier alpha value is -0.610. The Bertz CT molecular complexity index is 328. The van der Waals surface area contributed by atoms with Crippen molar-refractivity contribution in [3.8, 4) is 0 Å². The smallest absolute Gasteiger partial charge is 0.0558 e. The van der Waals surface area contributed by atoms with E-state index in [0.717, 1.165) is 38.6 Å². The number of aliphatic hydroxyl groups is 1. The van der Waals surface area contributed by atoms with Gasteiger partial charge in [-0.25, -0.2) is 0 Å². The molecule has 0 aliphatic carbocycles. The predicted octanol–water partition coefficient (Wildman–Crippen LogP) is 1.90. The van der Waals surface area contributed by atoms with Crippen molar-refractivity contribution in [3.05, 3.63) is 35.9 Å². The van der Waals surface area contributed by atoms with Gasteiger partial charge < -0.3 is 10.4 Å². The highest BCUT2D eigenvalue weighted by Gasteiger charge is 2.16. The molecule has 2 N–H and O–H groups in total. The highest BCUT2D eigenvalue weighted by Crippen LogP contribution is 2.13. The van der Waals surface area contributed by atoms with Crippen LogP contribution < -0.4 is 5.32 Å². The molecule has 0 spiro atoms. The summed E-state index contributed by atoms with van der Waals surface area (Å²) >= 11 is 0. The average Bonchev–Trinajstić information content (AvgIpc) is 2.41. The molecule has 1 fully saturated rings. The topological polar surface area (TPSA) is 35.5 Å². The number of benzene rings is 1. The first-order chi connectivity index (χ1) is 8.88. The lowest BCUT2D eigenvalue weighted by Gasteiger charge is -2.29. The van der Waals surface area contributed by atoms with Gasteiger partial charge in [0.25, 0.3) is 0 Å². The molecule has 0 radical (unpaired) electrons. The van der Waals surface area contributed by atoms with Crippen LogP contribution in [0.2, 0.25) is 0 Å². The Morgan fingerprint density at radius 1 is 1.26 bits per heavy atom. The van der Waals surface area contributed by atoms with Crippen LogP contribution >= 0.6 is 12.4 Å². The average molecular weight is 285 g/mol. The van der Waals surface area contributed by atoms with E-state index in [1.807, 2.05) is 6.07 Å². The van der Waals surface area contributed by atoms with Crippen LogP contribution in [0.25, 0.3) is 0 Å². The molecule has 0 aromatic heterocycles. The number of hydrogen-bond acceptors (Lipinski definition) is 3. The zero-order chi connectivity index (χ0) is 12.6. The van der Waals surface area contributed by atoms with Gasteiger partial charge in [-0.15, -0.1) is 12.4 Å². The van der Waals surface area contributed by atoms with E-state index in [-0.39, 0.29) is 19.0 Å². The van der Waals surface area contributed by atoms with Crippen molar-refractivity contribution in [1.29, 1.82) is 0 Å². The molecule has 3 nitrogen and oxygen atoms in total. The lowest BCUT2D eigenvalue weighted by Crippen LogP contribution is -2.39. The summed E-state index contributed by atoms with van der Waals surface area (Å²) in [5.41, 5.74) is 1.33. The standard InChI is InChI=1S/C15H24N2O.ClH/c18-10-9-17(12-14-5-2-1-3-6-14)13-15-7-4-8-16-11-15;/h1-3,5-6,15-16,18H,4,7-13H2;1H. The maximum atomic E-state index is 9.19. The number of hydrogen-bond donors (Lipinski definition) is 2. The number of piperidine rings is 1. The molecule has 1 atom stereocenters. The van der Waals surface area contributed by atoms with Gasteiger partial charge in [-0.1, -0.05) is 30.3 Å². The normalized spacial score (nSPS) is 19.2. The molecular formula is C15H25ClN2O. The quantitative estimate of drug-likeness (QED) is 0.838. The summed E-state index contributed by atoms with van der Waals surface area (Å²) < 4.78 is 0. The minimum Gasteiger partial charge on any atom is -0.395 e. The highest BCUT2D eigenvalue weighted by atomic mass is 35.5. The van der Waals surface area contributed by atoms with Crippen molar-refractivity contribution >= 4 is 12.4 Å². The number of halogens is 1. The van der Waals surface area contributed by atoms with Gasteiger partial charge in [-0.2, -0.15) is 0 Å². The fourth-order valence-electron chi connectivity index (χ4n) is 2.66. The second kappa shape index (κ2) is 9.32. The number of rotatable bonds is 6. The molecule has 108 valence electrons. The minimum absolute atomic E-state index is 0. The maximum absolute atomic E-state index is 9.19. The number of nitrogens with one attached hydrogen (secondary N) is 1. The van der Waals surface area contributed by atoms with Gasteiger partial charge in [-0.05, 0) is 37.4 Å². The molecule has 2 rings (SSSR count). The van der Waals surface area contributed by atoms with E-state index in [4.69, 9.17) is 0 Å². The van der Waals surface area contributed by atoms with Gasteiger partial charge >= 0.3 is 0 Å². The zero-order valence-corrected chi connectivity index (χ0v) is 12.2. The first kappa shape index (κ1) is 16.4. The summed E-state index contributed by atoms with van der Waals surface area (Å²) in [6, 6.07) is 10.5. The summed E-state index contributed by atoms with van der Waals surface area (Å²) in [7, 11) is 0. The van der Waals surface area contributed by atoms with E-state index in [0.29, 0.717) is 0 Å². The van der Waals surface area contributed by atoms with Crippen molar-refractivity contribution in [2.75, 3.05) is 32.8 Å². The second-order valence-corrected chi connectivity index (χ2v) is 5.16. The molecule has 4 heteroatoms. The molecular weight excluding hydrogens is 260 g/mol. The summed E-state index contributed by atoms with van der Waals surface area (Å²) in [4.78, 5) is 2.37. The Labute approximate surface area is 122 Å². The van der Waals surface area contributed by atoms with Crippen molar-refractivity contribution in [3.63, 3.8) is 0 Å². The SMILES string of the molecule is Cl.OCCN(Cc1ccccc1)CC1CCCNC1. The van der Waals surface area contributed by atoms with Gasteiger partial charge in [-0.3, -0.25) is 4.90 Å². The largest absolute Gasteiger partial charge is 0.395 e. The molecule has 1 heterocycles. The summed E-state index contributed by atoms with van der Waals surface area (Å²) in [6.45, 7) is 5.32. The van der Waals surface area contributed by atoms with E-state index in [9.17, 15) is 5.11 Å². The first-order valence-electron chi connectivity index (χ1n) is 6.96. The summed E-state index contributed by atoms with van der Waals surface area (Å²) in [5, 5.41) is 12.6. The van der Waals surface area contributed by atoms with E-state index >= 15 is 0 Å². The van der Waals surface area contributed by atoms with Crippen LogP contribution in [0.3, 0.4) is 0 Å². The fourth-order valence-corrected chi connectivity index (χ4v) is 2.66. The monoisotopic (exact) mass is 284 g/mol. The van der Waals surface area contributed by atoms with Gasteiger partial charge in [0, 0.05) is 19.6 Å². The minimum atomic E-state index is 0. The van der Waals surface area contributed by atoms with Crippen molar-refractivity contribution in [2.24, 2.45) is 5.92 Å². The van der Waals surface area contributed by atoms with E-state index < -0.39 is 0 Å². The van der Waals surface area contributed by atoms with Crippen LogP contribution in [0.5, 0.6) is 0 Å². The highest BCUT2D eigenvalue weighted by molar-refractivity contribution is 5.85. The summed E-state index contributed by atoms with van der Waals surface area (Å²) in [6.07, 6.45) is 2.59. The molecule has 1 aromatic rings. The lowest BCUT2D eigenvalue weighted by atomic mass is 9.99. The van der Waals surface area contributed by atoms with Gasteiger partial charge in [0.05, 0.1) is 6.61 Å². The van der Waals surface area contributed by atoms with Crippen molar-refractivity contribution in [1.82, 2.24) is 10.2 Å². The molecule has 1 aliphatic rings. The van der Waals surface area contributed by atoms with E-state index in [1.165, 1.54) is 18.4 Å². The van der Waals surface area contributed by atoms with Crippen molar-refractivity contribution < 1.29 is 5.11 Å². The number of aliphatic hydroxyl groups excluding tert-OH is 1. The van der Waals surface area contributed by atoms with Crippen LogP contribution in [0.1, 0.15) is 18.4 Å². The Kier molecular flexibility index (Phi) is 8.07. The molecule has 1 aromatic carbocycles. The Morgan fingerprint density at radius 2 is 2.05 bits per heavy atom. The van der Waals surface area contributed by atoms with Crippen LogP contribution in [-0.2, 0) is 6.54 Å². The van der Waals surface area contributed by atoms with Gasteiger partial charge in [0.1, 0.15) is 0 Å². The van der Waals surface area contributed by atoms with Gasteiger partial charge in [0.15, 0.2) is 0 Å². The summed E-state index contributed by atoms with van der Waals surface area (Å²) in [5.74, 6) is 0.731. The van der Waals surface area contributed by atoms with Crippen LogP contribution in [0.4, 0.5) is 0 Å². The molecule has 1 saturated heterocycles. The predicted molar refractivity (Wildman–Crippen MR) is 81.6 cm³/mol. The van der Waals surface area contributed by atoms with Gasteiger partial charge in [0.2, 0.25) is 0 Å². The number of nitrogens with zero attached hydrogens (tertiary/aromatic N) is 1. The molecule has 0 saturated carbocycles. The molecule has 19 heavy (non-hydrogen) atoms. The molecule has 1 aliphatic heterocycles. The Morgan fingerprint density at radius 3 is 2.68 bits per heavy atom. The van der Waals surface area contributed by atoms with Crippen LogP contribution in [0, 0.1) is 5.92 Å². The van der Waals surface area contributed by atoms with Crippen LogP contribution in [0.15, 0.2) is 30.3 Å². The van der Waals surface area contributed by atoms with Crippen molar-refractivity contribution in [2.45, 2.75) is 19.4 Å². The first-order valence-corrected chi connectivity index (χ1v) is 6.96. The van der Waals surface area contributed by atoms with E-state index in [1.54, 1.807) is 0 Å². The van der Waals surface area contributed by atoms with Crippen LogP contribution in [-0.4, -0.2) is 42.8 Å².